The fourth-order valence-corrected chi connectivity index (χ4v) is 4.08. The van der Waals surface area contributed by atoms with Crippen LogP contribution >= 0.6 is 0 Å². The van der Waals surface area contributed by atoms with Gasteiger partial charge in [0.25, 0.3) is 0 Å². The van der Waals surface area contributed by atoms with Crippen LogP contribution in [0.25, 0.3) is 0 Å². The minimum Gasteiger partial charge on any atom is -0.481 e. The number of aliphatic carboxylic acids is 1. The summed E-state index contributed by atoms with van der Waals surface area (Å²) in [6.45, 7) is 2.42. The highest BCUT2D eigenvalue weighted by atomic mass is 32.2. The van der Waals surface area contributed by atoms with Crippen LogP contribution < -0.4 is 0 Å². The molecule has 0 radical (unpaired) electrons. The van der Waals surface area contributed by atoms with E-state index in [0.717, 1.165) is 6.42 Å². The molecule has 0 amide bonds. The zero-order valence-electron chi connectivity index (χ0n) is 11.4. The summed E-state index contributed by atoms with van der Waals surface area (Å²) in [4.78, 5) is 11.6. The second-order valence-corrected chi connectivity index (χ2v) is 7.11. The third kappa shape index (κ3) is 2.57. The van der Waals surface area contributed by atoms with Gasteiger partial charge in [-0.05, 0) is 19.3 Å². The Kier molecular flexibility index (Phi) is 4.14. The lowest BCUT2D eigenvalue weighted by atomic mass is 9.75. The first kappa shape index (κ1) is 15.0. The summed E-state index contributed by atoms with van der Waals surface area (Å²) in [6.07, 6.45) is 4.67. The fourth-order valence-electron chi connectivity index (χ4n) is 2.73. The number of carboxylic acids is 1. The molecule has 112 valence electrons. The molecule has 20 heavy (non-hydrogen) atoms. The Bertz CT molecular complexity index is 560. The summed E-state index contributed by atoms with van der Waals surface area (Å²) < 4.78 is 26.0. The van der Waals surface area contributed by atoms with E-state index in [-0.39, 0.29) is 18.0 Å². The van der Waals surface area contributed by atoms with E-state index in [4.69, 9.17) is 0 Å². The number of aromatic nitrogens is 2. The zero-order valence-corrected chi connectivity index (χ0v) is 12.2. The summed E-state index contributed by atoms with van der Waals surface area (Å²) in [5.41, 5.74) is -0.781. The number of hydrogen-bond donors (Lipinski definition) is 2. The van der Waals surface area contributed by atoms with Crippen molar-refractivity contribution < 1.29 is 18.3 Å². The Morgan fingerprint density at radius 3 is 2.60 bits per heavy atom. The normalized spacial score (nSPS) is 19.9. The van der Waals surface area contributed by atoms with Crippen molar-refractivity contribution in [2.45, 2.75) is 37.5 Å². The maximum Gasteiger partial charge on any atom is 0.309 e. The highest BCUT2D eigenvalue weighted by molar-refractivity contribution is 7.89. The first-order chi connectivity index (χ1) is 9.42. The summed E-state index contributed by atoms with van der Waals surface area (Å²) in [5.74, 6) is -0.820. The topological polar surface area (TPSA) is 103 Å². The van der Waals surface area contributed by atoms with Gasteiger partial charge in [0.2, 0.25) is 10.0 Å². The molecule has 0 unspecified atom stereocenters. The second-order valence-electron chi connectivity index (χ2n) is 5.17. The minimum absolute atomic E-state index is 0.121. The molecule has 7 nitrogen and oxygen atoms in total. The van der Waals surface area contributed by atoms with Crippen LogP contribution in [0, 0.1) is 5.41 Å². The summed E-state index contributed by atoms with van der Waals surface area (Å²) in [5, 5.41) is 15.5. The number of sulfonamides is 1. The molecule has 2 N–H and O–H groups in total. The van der Waals surface area contributed by atoms with Crippen molar-refractivity contribution in [3.63, 3.8) is 0 Å². The van der Waals surface area contributed by atoms with Crippen molar-refractivity contribution in [2.24, 2.45) is 5.41 Å². The first-order valence-electron chi connectivity index (χ1n) is 6.65. The van der Waals surface area contributed by atoms with Crippen LogP contribution in [-0.4, -0.2) is 47.1 Å². The van der Waals surface area contributed by atoms with Gasteiger partial charge >= 0.3 is 5.97 Å². The Balaban J connectivity index is 2.13. The fraction of sp³-hybridized carbons (Fsp3) is 0.667. The van der Waals surface area contributed by atoms with Crippen LogP contribution in [0.1, 0.15) is 32.6 Å². The van der Waals surface area contributed by atoms with Crippen LogP contribution in [0.5, 0.6) is 0 Å². The number of piperidine rings is 1. The van der Waals surface area contributed by atoms with E-state index in [1.165, 1.54) is 16.7 Å². The average Bonchev–Trinajstić information content (AvgIpc) is 2.94. The summed E-state index contributed by atoms with van der Waals surface area (Å²) in [6, 6.07) is 0. The number of rotatable bonds is 5. The molecule has 1 aromatic heterocycles. The maximum absolute atomic E-state index is 12.3. The molecule has 0 spiro atoms. The minimum atomic E-state index is -3.56. The van der Waals surface area contributed by atoms with E-state index in [1.54, 1.807) is 0 Å². The molecule has 0 atom stereocenters. The molecule has 1 aromatic rings. The number of nitrogens with one attached hydrogen (secondary N) is 1. The van der Waals surface area contributed by atoms with Gasteiger partial charge in [0.05, 0.1) is 11.6 Å². The lowest BCUT2D eigenvalue weighted by Gasteiger charge is -2.37. The van der Waals surface area contributed by atoms with Crippen molar-refractivity contribution in [3.05, 3.63) is 12.4 Å². The number of carbonyl (C=O) groups is 1. The van der Waals surface area contributed by atoms with Gasteiger partial charge in [0, 0.05) is 19.3 Å². The van der Waals surface area contributed by atoms with Gasteiger partial charge in [0.15, 0.2) is 0 Å². The highest BCUT2D eigenvalue weighted by Crippen LogP contribution is 2.37. The van der Waals surface area contributed by atoms with Crippen molar-refractivity contribution in [1.29, 1.82) is 0 Å². The molecule has 2 heterocycles. The van der Waals surface area contributed by atoms with Crippen LogP contribution in [0.15, 0.2) is 17.3 Å². The lowest BCUT2D eigenvalue weighted by molar-refractivity contribution is -0.152. The Hall–Kier alpha value is -1.41. The molecule has 1 aliphatic rings. The smallest absolute Gasteiger partial charge is 0.309 e. The monoisotopic (exact) mass is 301 g/mol. The molecule has 8 heteroatoms. The van der Waals surface area contributed by atoms with Crippen molar-refractivity contribution in [3.8, 4) is 0 Å². The van der Waals surface area contributed by atoms with Gasteiger partial charge in [-0.15, -0.1) is 0 Å². The van der Waals surface area contributed by atoms with Gasteiger partial charge in [0.1, 0.15) is 4.90 Å². The van der Waals surface area contributed by atoms with E-state index in [9.17, 15) is 18.3 Å². The molecule has 0 aromatic carbocycles. The third-order valence-electron chi connectivity index (χ3n) is 3.97. The molecule has 0 bridgehead atoms. The SMILES string of the molecule is CCCC1(C(=O)O)CCN(S(=O)(=O)c2cn[nH]c2)CC1. The standard InChI is InChI=1S/C12H19N3O4S/c1-2-3-12(11(16)17)4-6-15(7-5-12)20(18,19)10-8-13-14-9-10/h8-9H,2-7H2,1H3,(H,13,14)(H,16,17). The molecule has 0 aliphatic carbocycles. The van der Waals surface area contributed by atoms with E-state index in [0.29, 0.717) is 19.3 Å². The van der Waals surface area contributed by atoms with Gasteiger partial charge in [-0.25, -0.2) is 8.42 Å². The molecule has 1 fully saturated rings. The molecule has 2 rings (SSSR count). The predicted octanol–water partition coefficient (Wildman–Crippen LogP) is 1.07. The Morgan fingerprint density at radius 1 is 1.50 bits per heavy atom. The summed E-state index contributed by atoms with van der Waals surface area (Å²) >= 11 is 0. The number of aromatic amines is 1. The quantitative estimate of drug-likeness (QED) is 0.846. The van der Waals surface area contributed by atoms with Gasteiger partial charge in [-0.1, -0.05) is 13.3 Å². The average molecular weight is 301 g/mol. The lowest BCUT2D eigenvalue weighted by Crippen LogP contribution is -2.46. The van der Waals surface area contributed by atoms with E-state index in [2.05, 4.69) is 10.2 Å². The van der Waals surface area contributed by atoms with E-state index in [1.807, 2.05) is 6.92 Å². The zero-order chi connectivity index (χ0) is 14.8. The Morgan fingerprint density at radius 2 is 2.15 bits per heavy atom. The highest BCUT2D eigenvalue weighted by Gasteiger charge is 2.43. The molecule has 1 aliphatic heterocycles. The van der Waals surface area contributed by atoms with Crippen LogP contribution in [0.2, 0.25) is 0 Å². The number of H-pyrrole nitrogens is 1. The van der Waals surface area contributed by atoms with Crippen molar-refractivity contribution in [2.75, 3.05) is 13.1 Å². The van der Waals surface area contributed by atoms with Crippen molar-refractivity contribution >= 4 is 16.0 Å². The number of carboxylic acid groups (broad SMARTS) is 1. The molecule has 0 saturated carbocycles. The van der Waals surface area contributed by atoms with Gasteiger partial charge in [-0.3, -0.25) is 9.89 Å². The molecular formula is C12H19N3O4S. The van der Waals surface area contributed by atoms with Gasteiger partial charge < -0.3 is 5.11 Å². The van der Waals surface area contributed by atoms with E-state index >= 15 is 0 Å². The number of nitrogens with zero attached hydrogens (tertiary/aromatic N) is 2. The third-order valence-corrected chi connectivity index (χ3v) is 5.84. The maximum atomic E-state index is 12.3. The Labute approximate surface area is 118 Å². The predicted molar refractivity (Wildman–Crippen MR) is 71.6 cm³/mol. The summed E-state index contributed by atoms with van der Waals surface area (Å²) in [7, 11) is -3.56. The van der Waals surface area contributed by atoms with Crippen LogP contribution in [0.4, 0.5) is 0 Å². The molecule has 1 saturated heterocycles. The number of hydrogen-bond acceptors (Lipinski definition) is 4. The van der Waals surface area contributed by atoms with Gasteiger partial charge in [-0.2, -0.15) is 9.40 Å². The van der Waals surface area contributed by atoms with Crippen molar-refractivity contribution in [1.82, 2.24) is 14.5 Å². The largest absolute Gasteiger partial charge is 0.481 e. The van der Waals surface area contributed by atoms with Crippen LogP contribution in [0.3, 0.4) is 0 Å². The molecular weight excluding hydrogens is 282 g/mol. The second kappa shape index (κ2) is 5.53. The van der Waals surface area contributed by atoms with Crippen LogP contribution in [-0.2, 0) is 14.8 Å². The first-order valence-corrected chi connectivity index (χ1v) is 8.09. The van der Waals surface area contributed by atoms with E-state index < -0.39 is 21.4 Å².